The summed E-state index contributed by atoms with van der Waals surface area (Å²) in [7, 11) is 1.36. The number of anilines is 1. The molecule has 2 aromatic rings. The SMILES string of the molecule is CCc1ccc(Sc2ccc(C(=O)OC)cc2N)cc1. The van der Waals surface area contributed by atoms with Crippen LogP contribution in [0.3, 0.4) is 0 Å². The van der Waals surface area contributed by atoms with Gasteiger partial charge in [0.25, 0.3) is 0 Å². The summed E-state index contributed by atoms with van der Waals surface area (Å²) in [6, 6.07) is 13.6. The van der Waals surface area contributed by atoms with Crippen LogP contribution in [-0.2, 0) is 11.2 Å². The van der Waals surface area contributed by atoms with Crippen molar-refractivity contribution in [3.63, 3.8) is 0 Å². The monoisotopic (exact) mass is 287 g/mol. The van der Waals surface area contributed by atoms with Crippen LogP contribution in [-0.4, -0.2) is 13.1 Å². The Balaban J connectivity index is 2.18. The van der Waals surface area contributed by atoms with Crippen molar-refractivity contribution in [1.29, 1.82) is 0 Å². The quantitative estimate of drug-likeness (QED) is 0.687. The van der Waals surface area contributed by atoms with Crippen molar-refractivity contribution >= 4 is 23.4 Å². The molecule has 0 unspecified atom stereocenters. The summed E-state index contributed by atoms with van der Waals surface area (Å²) in [5, 5.41) is 0. The van der Waals surface area contributed by atoms with Crippen LogP contribution in [0.2, 0.25) is 0 Å². The molecule has 0 heterocycles. The Morgan fingerprint density at radius 2 is 1.90 bits per heavy atom. The van der Waals surface area contributed by atoms with Crippen molar-refractivity contribution in [3.8, 4) is 0 Å². The molecule has 4 heteroatoms. The van der Waals surface area contributed by atoms with Gasteiger partial charge in [0.05, 0.1) is 12.7 Å². The molecule has 0 aromatic heterocycles. The molecule has 0 amide bonds. The third-order valence-electron chi connectivity index (χ3n) is 2.99. The highest BCUT2D eigenvalue weighted by Crippen LogP contribution is 2.32. The molecule has 0 fully saturated rings. The Labute approximate surface area is 123 Å². The number of nitrogens with two attached hydrogens (primary N) is 1. The number of nitrogen functional groups attached to an aromatic ring is 1. The highest BCUT2D eigenvalue weighted by atomic mass is 32.2. The summed E-state index contributed by atoms with van der Waals surface area (Å²) in [4.78, 5) is 13.5. The van der Waals surface area contributed by atoms with Gasteiger partial charge in [-0.1, -0.05) is 30.8 Å². The average molecular weight is 287 g/mol. The van der Waals surface area contributed by atoms with E-state index in [1.165, 1.54) is 12.7 Å². The molecule has 0 aliphatic rings. The molecule has 0 atom stereocenters. The van der Waals surface area contributed by atoms with E-state index in [0.717, 1.165) is 16.2 Å². The first-order chi connectivity index (χ1) is 9.63. The van der Waals surface area contributed by atoms with Gasteiger partial charge in [0.15, 0.2) is 0 Å². The van der Waals surface area contributed by atoms with Gasteiger partial charge in [-0.25, -0.2) is 4.79 Å². The maximum atomic E-state index is 11.4. The second kappa shape index (κ2) is 6.48. The second-order valence-electron chi connectivity index (χ2n) is 4.34. The Morgan fingerprint density at radius 1 is 1.20 bits per heavy atom. The highest BCUT2D eigenvalue weighted by molar-refractivity contribution is 7.99. The zero-order valence-corrected chi connectivity index (χ0v) is 12.4. The molecule has 0 aliphatic carbocycles. The number of rotatable bonds is 4. The van der Waals surface area contributed by atoms with E-state index in [0.29, 0.717) is 11.3 Å². The zero-order chi connectivity index (χ0) is 14.5. The second-order valence-corrected chi connectivity index (χ2v) is 5.46. The Bertz CT molecular complexity index is 608. The van der Waals surface area contributed by atoms with Gasteiger partial charge in [0.2, 0.25) is 0 Å². The van der Waals surface area contributed by atoms with Gasteiger partial charge in [-0.05, 0) is 42.3 Å². The van der Waals surface area contributed by atoms with Crippen molar-refractivity contribution in [2.75, 3.05) is 12.8 Å². The van der Waals surface area contributed by atoms with Crippen molar-refractivity contribution in [1.82, 2.24) is 0 Å². The van der Waals surface area contributed by atoms with E-state index >= 15 is 0 Å². The predicted octanol–water partition coefficient (Wildman–Crippen LogP) is 3.77. The first-order valence-corrected chi connectivity index (χ1v) is 7.20. The molecule has 0 saturated heterocycles. The van der Waals surface area contributed by atoms with Crippen molar-refractivity contribution < 1.29 is 9.53 Å². The number of hydrogen-bond acceptors (Lipinski definition) is 4. The van der Waals surface area contributed by atoms with E-state index < -0.39 is 0 Å². The van der Waals surface area contributed by atoms with E-state index in [1.54, 1.807) is 23.9 Å². The van der Waals surface area contributed by atoms with Gasteiger partial charge in [-0.2, -0.15) is 0 Å². The maximum absolute atomic E-state index is 11.4. The first kappa shape index (κ1) is 14.5. The van der Waals surface area contributed by atoms with Gasteiger partial charge in [0, 0.05) is 15.5 Å². The first-order valence-electron chi connectivity index (χ1n) is 6.38. The van der Waals surface area contributed by atoms with Crippen LogP contribution in [0.5, 0.6) is 0 Å². The van der Waals surface area contributed by atoms with Crippen molar-refractivity contribution in [2.45, 2.75) is 23.1 Å². The largest absolute Gasteiger partial charge is 0.465 e. The molecule has 0 saturated carbocycles. The van der Waals surface area contributed by atoms with Gasteiger partial charge in [-0.3, -0.25) is 0 Å². The molecule has 3 nitrogen and oxygen atoms in total. The minimum Gasteiger partial charge on any atom is -0.465 e. The lowest BCUT2D eigenvalue weighted by molar-refractivity contribution is 0.0600. The molecular weight excluding hydrogens is 270 g/mol. The van der Waals surface area contributed by atoms with Gasteiger partial charge in [0.1, 0.15) is 0 Å². The Hall–Kier alpha value is -1.94. The van der Waals surface area contributed by atoms with Crippen LogP contribution >= 0.6 is 11.8 Å². The number of hydrogen-bond donors (Lipinski definition) is 1. The standard InChI is InChI=1S/C16H17NO2S/c1-3-11-4-7-13(8-5-11)20-15-9-6-12(10-14(15)17)16(18)19-2/h4-10H,3,17H2,1-2H3. The average Bonchev–Trinajstić information content (AvgIpc) is 2.49. The summed E-state index contributed by atoms with van der Waals surface area (Å²) >= 11 is 1.58. The Morgan fingerprint density at radius 3 is 2.45 bits per heavy atom. The minimum atomic E-state index is -0.374. The fourth-order valence-electron chi connectivity index (χ4n) is 1.81. The lowest BCUT2D eigenvalue weighted by Gasteiger charge is -2.08. The molecule has 0 bridgehead atoms. The predicted molar refractivity (Wildman–Crippen MR) is 82.1 cm³/mol. The van der Waals surface area contributed by atoms with E-state index in [9.17, 15) is 4.79 Å². The van der Waals surface area contributed by atoms with E-state index in [2.05, 4.69) is 35.9 Å². The fourth-order valence-corrected chi connectivity index (χ4v) is 2.65. The van der Waals surface area contributed by atoms with E-state index in [-0.39, 0.29) is 5.97 Å². The van der Waals surface area contributed by atoms with Crippen molar-refractivity contribution in [2.24, 2.45) is 0 Å². The molecule has 0 aliphatic heterocycles. The van der Waals surface area contributed by atoms with E-state index in [4.69, 9.17) is 5.73 Å². The van der Waals surface area contributed by atoms with Gasteiger partial charge < -0.3 is 10.5 Å². The number of ether oxygens (including phenoxy) is 1. The summed E-state index contributed by atoms with van der Waals surface area (Å²) in [6.45, 7) is 2.13. The number of carbonyl (C=O) groups excluding carboxylic acids is 1. The third kappa shape index (κ3) is 3.33. The van der Waals surface area contributed by atoms with Gasteiger partial charge in [-0.15, -0.1) is 0 Å². The van der Waals surface area contributed by atoms with Crippen LogP contribution in [0.25, 0.3) is 0 Å². The summed E-state index contributed by atoms with van der Waals surface area (Å²) in [6.07, 6.45) is 1.03. The van der Waals surface area contributed by atoms with Crippen LogP contribution in [0, 0.1) is 0 Å². The van der Waals surface area contributed by atoms with Crippen LogP contribution in [0.4, 0.5) is 5.69 Å². The van der Waals surface area contributed by atoms with Crippen LogP contribution in [0.1, 0.15) is 22.8 Å². The maximum Gasteiger partial charge on any atom is 0.337 e. The smallest absolute Gasteiger partial charge is 0.337 e. The third-order valence-corrected chi connectivity index (χ3v) is 4.09. The summed E-state index contributed by atoms with van der Waals surface area (Å²) in [5.74, 6) is -0.374. The lowest BCUT2D eigenvalue weighted by atomic mass is 10.2. The van der Waals surface area contributed by atoms with Crippen LogP contribution < -0.4 is 5.73 Å². The topological polar surface area (TPSA) is 52.3 Å². The molecule has 2 rings (SSSR count). The zero-order valence-electron chi connectivity index (χ0n) is 11.6. The summed E-state index contributed by atoms with van der Waals surface area (Å²) < 4.78 is 4.67. The number of esters is 1. The van der Waals surface area contributed by atoms with Crippen LogP contribution in [0.15, 0.2) is 52.3 Å². The molecule has 2 N–H and O–H groups in total. The molecule has 104 valence electrons. The summed E-state index contributed by atoms with van der Waals surface area (Å²) in [5.41, 5.74) is 8.35. The van der Waals surface area contributed by atoms with Gasteiger partial charge >= 0.3 is 5.97 Å². The molecular formula is C16H17NO2S. The number of aryl methyl sites for hydroxylation is 1. The number of benzene rings is 2. The number of methoxy groups -OCH3 is 1. The fraction of sp³-hybridized carbons (Fsp3) is 0.188. The van der Waals surface area contributed by atoms with E-state index in [1.807, 2.05) is 6.07 Å². The minimum absolute atomic E-state index is 0.374. The normalized spacial score (nSPS) is 10.3. The molecule has 20 heavy (non-hydrogen) atoms. The molecule has 2 aromatic carbocycles. The number of carbonyl (C=O) groups is 1. The molecule has 0 spiro atoms. The lowest BCUT2D eigenvalue weighted by Crippen LogP contribution is -2.02. The van der Waals surface area contributed by atoms with Crippen molar-refractivity contribution in [3.05, 3.63) is 53.6 Å². The highest BCUT2D eigenvalue weighted by Gasteiger charge is 2.09. The molecule has 0 radical (unpaired) electrons. The Kier molecular flexibility index (Phi) is 4.69.